The van der Waals surface area contributed by atoms with Crippen molar-refractivity contribution in [3.8, 4) is 0 Å². The highest BCUT2D eigenvalue weighted by atomic mass is 16.5. The van der Waals surface area contributed by atoms with Crippen molar-refractivity contribution in [1.29, 1.82) is 0 Å². The van der Waals surface area contributed by atoms with Crippen LogP contribution in [0.15, 0.2) is 24.3 Å². The van der Waals surface area contributed by atoms with E-state index in [1.807, 2.05) is 18.2 Å². The maximum absolute atomic E-state index is 11.9. The molecule has 2 N–H and O–H groups in total. The first-order valence-electron chi connectivity index (χ1n) is 9.05. The number of benzene rings is 1. The van der Waals surface area contributed by atoms with Crippen LogP contribution in [0.1, 0.15) is 34.8 Å². The number of rotatable bonds is 4. The summed E-state index contributed by atoms with van der Waals surface area (Å²) in [7, 11) is 3.77. The van der Waals surface area contributed by atoms with Crippen molar-refractivity contribution >= 4 is 5.91 Å². The van der Waals surface area contributed by atoms with Crippen molar-refractivity contribution in [3.63, 3.8) is 0 Å². The summed E-state index contributed by atoms with van der Waals surface area (Å²) in [5, 5.41) is 13.5. The number of aliphatic hydroxyl groups is 1. The Kier molecular flexibility index (Phi) is 5.74. The lowest BCUT2D eigenvalue weighted by Gasteiger charge is -2.43. The monoisotopic (exact) mass is 347 g/mol. The number of amides is 1. The zero-order valence-electron chi connectivity index (χ0n) is 15.2. The lowest BCUT2D eigenvalue weighted by molar-refractivity contribution is -0.0869. The van der Waals surface area contributed by atoms with E-state index in [-0.39, 0.29) is 11.9 Å². The zero-order valence-corrected chi connectivity index (χ0v) is 15.2. The summed E-state index contributed by atoms with van der Waals surface area (Å²) in [6.45, 7) is 4.73. The number of ether oxygens (including phenoxy) is 1. The molecule has 0 saturated carbocycles. The van der Waals surface area contributed by atoms with Crippen LogP contribution < -0.4 is 5.32 Å². The van der Waals surface area contributed by atoms with Crippen LogP contribution in [0.3, 0.4) is 0 Å². The molecule has 1 unspecified atom stereocenters. The normalized spacial score (nSPS) is 24.8. The Balaban J connectivity index is 1.71. The predicted octanol–water partition coefficient (Wildman–Crippen LogP) is 0.876. The van der Waals surface area contributed by atoms with E-state index in [9.17, 15) is 9.90 Å². The molecule has 1 aromatic rings. The van der Waals surface area contributed by atoms with Gasteiger partial charge in [-0.25, -0.2) is 0 Å². The van der Waals surface area contributed by atoms with Crippen molar-refractivity contribution < 1.29 is 14.6 Å². The van der Waals surface area contributed by atoms with E-state index in [2.05, 4.69) is 28.2 Å². The Morgan fingerprint density at radius 1 is 1.36 bits per heavy atom. The summed E-state index contributed by atoms with van der Waals surface area (Å²) < 4.78 is 5.38. The molecule has 25 heavy (non-hydrogen) atoms. The third kappa shape index (κ3) is 4.39. The number of hydrogen-bond donors (Lipinski definition) is 2. The lowest BCUT2D eigenvalue weighted by atomic mass is 9.92. The van der Waals surface area contributed by atoms with Crippen molar-refractivity contribution in [3.05, 3.63) is 35.4 Å². The van der Waals surface area contributed by atoms with Crippen LogP contribution in [0.5, 0.6) is 0 Å². The van der Waals surface area contributed by atoms with Gasteiger partial charge in [-0.05, 0) is 24.7 Å². The Labute approximate surface area is 149 Å². The molecule has 0 aromatic heterocycles. The number of hydrogen-bond acceptors (Lipinski definition) is 5. The SMILES string of the molecule is CNC(=O)c1cccc(C2CN(CC3(O)CCOCC3)CCN2C)c1. The largest absolute Gasteiger partial charge is 0.388 e. The summed E-state index contributed by atoms with van der Waals surface area (Å²) in [5.41, 5.74) is 1.20. The maximum Gasteiger partial charge on any atom is 0.251 e. The van der Waals surface area contributed by atoms with Crippen LogP contribution in [0.25, 0.3) is 0 Å². The predicted molar refractivity (Wildman–Crippen MR) is 96.6 cm³/mol. The number of carbonyl (C=O) groups is 1. The number of nitrogens with one attached hydrogen (secondary N) is 1. The standard InChI is InChI=1S/C19H29N3O3/c1-20-18(23)16-5-3-4-15(12-16)17-13-22(9-8-21(17)2)14-19(24)6-10-25-11-7-19/h3-5,12,17,24H,6-11,13-14H2,1-2H3,(H,20,23). The minimum absolute atomic E-state index is 0.0614. The van der Waals surface area contributed by atoms with Crippen LogP contribution in [-0.4, -0.2) is 79.9 Å². The maximum atomic E-state index is 11.9. The molecule has 138 valence electrons. The number of nitrogens with zero attached hydrogens (tertiary/aromatic N) is 2. The average molecular weight is 347 g/mol. The number of β-amino-alcohol motifs (C(OH)–C–C–N with tert-alkyl or cyclic N) is 1. The summed E-state index contributed by atoms with van der Waals surface area (Å²) in [5.74, 6) is -0.0614. The molecule has 0 radical (unpaired) electrons. The van der Waals surface area contributed by atoms with Crippen LogP contribution >= 0.6 is 0 Å². The van der Waals surface area contributed by atoms with Gasteiger partial charge in [-0.3, -0.25) is 14.6 Å². The van der Waals surface area contributed by atoms with Crippen molar-refractivity contribution in [2.24, 2.45) is 0 Å². The van der Waals surface area contributed by atoms with Crippen LogP contribution in [0.4, 0.5) is 0 Å². The zero-order chi connectivity index (χ0) is 17.9. The fraction of sp³-hybridized carbons (Fsp3) is 0.632. The summed E-state index contributed by atoms with van der Waals surface area (Å²) in [4.78, 5) is 16.6. The molecule has 0 aliphatic carbocycles. The van der Waals surface area contributed by atoms with E-state index in [1.165, 1.54) is 0 Å². The molecule has 2 aliphatic heterocycles. The van der Waals surface area contributed by atoms with E-state index in [0.717, 1.165) is 25.2 Å². The number of piperazine rings is 1. The molecule has 1 aromatic carbocycles. The number of carbonyl (C=O) groups excluding carboxylic acids is 1. The second-order valence-electron chi connectivity index (χ2n) is 7.27. The minimum Gasteiger partial charge on any atom is -0.388 e. The molecule has 0 bridgehead atoms. The summed E-state index contributed by atoms with van der Waals surface area (Å²) in [6, 6.07) is 8.07. The van der Waals surface area contributed by atoms with Crippen molar-refractivity contribution in [2.45, 2.75) is 24.5 Å². The van der Waals surface area contributed by atoms with E-state index >= 15 is 0 Å². The van der Waals surface area contributed by atoms with Gasteiger partial charge >= 0.3 is 0 Å². The Morgan fingerprint density at radius 3 is 2.84 bits per heavy atom. The van der Waals surface area contributed by atoms with E-state index < -0.39 is 5.60 Å². The molecule has 0 spiro atoms. The molecule has 2 saturated heterocycles. The first-order valence-corrected chi connectivity index (χ1v) is 9.05. The quantitative estimate of drug-likeness (QED) is 0.846. The van der Waals surface area contributed by atoms with Gasteiger partial charge in [-0.1, -0.05) is 12.1 Å². The molecule has 1 atom stereocenters. The topological polar surface area (TPSA) is 65.0 Å². The Bertz CT molecular complexity index is 601. The van der Waals surface area contributed by atoms with Gasteiger partial charge in [0.25, 0.3) is 5.91 Å². The summed E-state index contributed by atoms with van der Waals surface area (Å²) >= 11 is 0. The molecule has 2 fully saturated rings. The molecule has 2 heterocycles. The van der Waals surface area contributed by atoms with Crippen molar-refractivity contribution in [2.75, 3.05) is 53.5 Å². The molecular weight excluding hydrogens is 318 g/mol. The van der Waals surface area contributed by atoms with Gasteiger partial charge in [-0.15, -0.1) is 0 Å². The van der Waals surface area contributed by atoms with Crippen LogP contribution in [-0.2, 0) is 4.74 Å². The minimum atomic E-state index is -0.636. The average Bonchev–Trinajstić information content (AvgIpc) is 2.63. The first-order chi connectivity index (χ1) is 12.0. The molecule has 2 aliphatic rings. The van der Waals surface area contributed by atoms with E-state index in [4.69, 9.17) is 4.74 Å². The molecular formula is C19H29N3O3. The van der Waals surface area contributed by atoms with Gasteiger partial charge in [0, 0.05) is 70.9 Å². The Morgan fingerprint density at radius 2 is 2.12 bits per heavy atom. The van der Waals surface area contributed by atoms with Gasteiger partial charge < -0.3 is 15.2 Å². The van der Waals surface area contributed by atoms with Crippen molar-refractivity contribution in [1.82, 2.24) is 15.1 Å². The van der Waals surface area contributed by atoms with Gasteiger partial charge in [0.1, 0.15) is 0 Å². The smallest absolute Gasteiger partial charge is 0.251 e. The first kappa shape index (κ1) is 18.3. The highest BCUT2D eigenvalue weighted by Gasteiger charge is 2.35. The molecule has 3 rings (SSSR count). The van der Waals surface area contributed by atoms with Gasteiger partial charge in [0.2, 0.25) is 0 Å². The van der Waals surface area contributed by atoms with Crippen LogP contribution in [0.2, 0.25) is 0 Å². The molecule has 1 amide bonds. The van der Waals surface area contributed by atoms with E-state index in [1.54, 1.807) is 7.05 Å². The summed E-state index contributed by atoms with van der Waals surface area (Å²) in [6.07, 6.45) is 1.41. The van der Waals surface area contributed by atoms with Gasteiger partial charge in [0.15, 0.2) is 0 Å². The Hall–Kier alpha value is -1.47. The lowest BCUT2D eigenvalue weighted by Crippen LogP contribution is -2.53. The third-order valence-electron chi connectivity index (χ3n) is 5.43. The fourth-order valence-corrected chi connectivity index (χ4v) is 3.79. The fourth-order valence-electron chi connectivity index (χ4n) is 3.79. The van der Waals surface area contributed by atoms with E-state index in [0.29, 0.717) is 38.2 Å². The second kappa shape index (κ2) is 7.83. The highest BCUT2D eigenvalue weighted by Crippen LogP contribution is 2.28. The van der Waals surface area contributed by atoms with Gasteiger partial charge in [-0.2, -0.15) is 0 Å². The van der Waals surface area contributed by atoms with Gasteiger partial charge in [0.05, 0.1) is 5.60 Å². The second-order valence-corrected chi connectivity index (χ2v) is 7.27. The third-order valence-corrected chi connectivity index (χ3v) is 5.43. The molecule has 6 heteroatoms. The number of likely N-dealkylation sites (N-methyl/N-ethyl adjacent to an activating group) is 1. The highest BCUT2D eigenvalue weighted by molar-refractivity contribution is 5.94. The van der Waals surface area contributed by atoms with Crippen LogP contribution in [0, 0.1) is 0 Å². The molecule has 6 nitrogen and oxygen atoms in total.